The molecule has 0 aliphatic heterocycles. The summed E-state index contributed by atoms with van der Waals surface area (Å²) >= 11 is 0. The standard InChI is InChI=1S/C17H26O/c1-11(10-18)13-7-8-14-15(9-13)17(5,6)12(2)16(14,3)4/h7-9,11-12,18H,10H2,1-6H3/t11-,12+/m1/s1. The molecule has 0 bridgehead atoms. The minimum absolute atomic E-state index is 0.212. The molecule has 1 aromatic carbocycles. The Hall–Kier alpha value is -0.820. The molecule has 0 fully saturated rings. The van der Waals surface area contributed by atoms with Gasteiger partial charge in [-0.3, -0.25) is 0 Å². The Kier molecular flexibility index (Phi) is 3.09. The van der Waals surface area contributed by atoms with Crippen LogP contribution in [-0.2, 0) is 10.8 Å². The molecule has 0 saturated carbocycles. The molecule has 100 valence electrons. The van der Waals surface area contributed by atoms with Crippen molar-refractivity contribution in [1.82, 2.24) is 0 Å². The van der Waals surface area contributed by atoms with E-state index in [0.717, 1.165) is 0 Å². The number of aliphatic hydroxyl groups excluding tert-OH is 1. The summed E-state index contributed by atoms with van der Waals surface area (Å²) in [5, 5.41) is 9.32. The molecule has 0 radical (unpaired) electrons. The molecule has 0 heterocycles. The second-order valence-corrected chi connectivity index (χ2v) is 7.05. The van der Waals surface area contributed by atoms with Gasteiger partial charge in [-0.1, -0.05) is 59.7 Å². The largest absolute Gasteiger partial charge is 0.396 e. The number of rotatable bonds is 2. The minimum Gasteiger partial charge on any atom is -0.396 e. The first-order chi connectivity index (χ1) is 8.22. The van der Waals surface area contributed by atoms with Crippen LogP contribution in [-0.4, -0.2) is 11.7 Å². The predicted octanol–water partition coefficient (Wildman–Crippen LogP) is 3.99. The summed E-state index contributed by atoms with van der Waals surface area (Å²) in [5.41, 5.74) is 4.66. The zero-order valence-electron chi connectivity index (χ0n) is 12.5. The molecule has 1 N–H and O–H groups in total. The van der Waals surface area contributed by atoms with Crippen molar-refractivity contribution in [3.05, 3.63) is 34.9 Å². The third kappa shape index (κ3) is 1.72. The lowest BCUT2D eigenvalue weighted by Crippen LogP contribution is -2.30. The van der Waals surface area contributed by atoms with E-state index in [2.05, 4.69) is 59.7 Å². The van der Waals surface area contributed by atoms with Gasteiger partial charge in [0.25, 0.3) is 0 Å². The highest BCUT2D eigenvalue weighted by Gasteiger charge is 2.48. The van der Waals surface area contributed by atoms with Crippen LogP contribution in [0.25, 0.3) is 0 Å². The summed E-state index contributed by atoms with van der Waals surface area (Å²) in [4.78, 5) is 0. The van der Waals surface area contributed by atoms with Gasteiger partial charge in [0.2, 0.25) is 0 Å². The van der Waals surface area contributed by atoms with E-state index in [1.807, 2.05) is 0 Å². The van der Waals surface area contributed by atoms with E-state index in [4.69, 9.17) is 0 Å². The van der Waals surface area contributed by atoms with Crippen LogP contribution in [0.4, 0.5) is 0 Å². The lowest BCUT2D eigenvalue weighted by Gasteiger charge is -2.32. The Morgan fingerprint density at radius 2 is 1.67 bits per heavy atom. The van der Waals surface area contributed by atoms with Crippen LogP contribution in [0.5, 0.6) is 0 Å². The molecule has 0 unspecified atom stereocenters. The number of benzene rings is 1. The maximum atomic E-state index is 9.32. The molecule has 1 aliphatic carbocycles. The number of hydrogen-bond acceptors (Lipinski definition) is 1. The highest BCUT2D eigenvalue weighted by Crippen LogP contribution is 2.53. The molecule has 18 heavy (non-hydrogen) atoms. The summed E-state index contributed by atoms with van der Waals surface area (Å²) in [5.74, 6) is 0.852. The topological polar surface area (TPSA) is 20.2 Å². The van der Waals surface area contributed by atoms with Gasteiger partial charge in [0.1, 0.15) is 0 Å². The van der Waals surface area contributed by atoms with E-state index < -0.39 is 0 Å². The maximum Gasteiger partial charge on any atom is 0.0497 e. The van der Waals surface area contributed by atoms with Crippen LogP contribution in [0, 0.1) is 5.92 Å². The van der Waals surface area contributed by atoms with Crippen LogP contribution in [0.15, 0.2) is 18.2 Å². The van der Waals surface area contributed by atoms with Crippen molar-refractivity contribution in [2.75, 3.05) is 6.61 Å². The van der Waals surface area contributed by atoms with Crippen molar-refractivity contribution in [3.8, 4) is 0 Å². The average Bonchev–Trinajstić information content (AvgIpc) is 2.47. The zero-order chi connectivity index (χ0) is 13.7. The van der Waals surface area contributed by atoms with Gasteiger partial charge in [0.15, 0.2) is 0 Å². The van der Waals surface area contributed by atoms with Gasteiger partial charge in [0.05, 0.1) is 0 Å². The quantitative estimate of drug-likeness (QED) is 0.836. The van der Waals surface area contributed by atoms with E-state index in [1.165, 1.54) is 16.7 Å². The van der Waals surface area contributed by atoms with E-state index in [-0.39, 0.29) is 23.4 Å². The number of fused-ring (bicyclic) bond motifs is 1. The molecule has 1 aliphatic rings. The number of hydrogen-bond donors (Lipinski definition) is 1. The maximum absolute atomic E-state index is 9.32. The Morgan fingerprint density at radius 3 is 2.22 bits per heavy atom. The summed E-state index contributed by atoms with van der Waals surface area (Å²) in [6.45, 7) is 14.0. The molecule has 0 spiro atoms. The van der Waals surface area contributed by atoms with Crippen molar-refractivity contribution in [2.45, 2.75) is 58.3 Å². The van der Waals surface area contributed by atoms with Crippen molar-refractivity contribution < 1.29 is 5.11 Å². The molecule has 0 aromatic heterocycles. The molecule has 1 heteroatoms. The molecular weight excluding hydrogens is 220 g/mol. The number of aliphatic hydroxyl groups is 1. The molecule has 0 amide bonds. The highest BCUT2D eigenvalue weighted by atomic mass is 16.3. The lowest BCUT2D eigenvalue weighted by molar-refractivity contribution is 0.263. The highest BCUT2D eigenvalue weighted by molar-refractivity contribution is 5.48. The van der Waals surface area contributed by atoms with E-state index >= 15 is 0 Å². The Morgan fingerprint density at radius 1 is 1.11 bits per heavy atom. The fourth-order valence-electron chi connectivity index (χ4n) is 3.44. The Bertz CT molecular complexity index is 457. The van der Waals surface area contributed by atoms with Crippen LogP contribution in [0.3, 0.4) is 0 Å². The summed E-state index contributed by atoms with van der Waals surface area (Å²) < 4.78 is 0. The molecule has 1 nitrogen and oxygen atoms in total. The molecular formula is C17H26O. The molecule has 0 saturated heterocycles. The first-order valence-electron chi connectivity index (χ1n) is 6.98. The van der Waals surface area contributed by atoms with Crippen LogP contribution < -0.4 is 0 Å². The summed E-state index contributed by atoms with van der Waals surface area (Å²) in [6, 6.07) is 6.79. The second-order valence-electron chi connectivity index (χ2n) is 7.05. The van der Waals surface area contributed by atoms with Crippen molar-refractivity contribution in [3.63, 3.8) is 0 Å². The zero-order valence-corrected chi connectivity index (χ0v) is 12.5. The third-order valence-corrected chi connectivity index (χ3v) is 5.44. The fraction of sp³-hybridized carbons (Fsp3) is 0.647. The Balaban J connectivity index is 2.58. The monoisotopic (exact) mass is 246 g/mol. The molecule has 2 rings (SSSR count). The molecule has 2 atom stereocenters. The second kappa shape index (κ2) is 4.09. The smallest absolute Gasteiger partial charge is 0.0497 e. The lowest BCUT2D eigenvalue weighted by atomic mass is 9.71. The van der Waals surface area contributed by atoms with Gasteiger partial charge < -0.3 is 5.11 Å². The van der Waals surface area contributed by atoms with Crippen molar-refractivity contribution in [2.24, 2.45) is 5.92 Å². The van der Waals surface area contributed by atoms with Gasteiger partial charge in [-0.25, -0.2) is 0 Å². The van der Waals surface area contributed by atoms with Crippen molar-refractivity contribution in [1.29, 1.82) is 0 Å². The van der Waals surface area contributed by atoms with Crippen LogP contribution >= 0.6 is 0 Å². The van der Waals surface area contributed by atoms with Crippen LogP contribution in [0.1, 0.15) is 64.2 Å². The van der Waals surface area contributed by atoms with Gasteiger partial charge in [-0.2, -0.15) is 0 Å². The average molecular weight is 246 g/mol. The predicted molar refractivity (Wildman–Crippen MR) is 77.2 cm³/mol. The van der Waals surface area contributed by atoms with Gasteiger partial charge in [0, 0.05) is 12.5 Å². The first-order valence-corrected chi connectivity index (χ1v) is 6.98. The van der Waals surface area contributed by atoms with E-state index in [1.54, 1.807) is 0 Å². The fourth-order valence-corrected chi connectivity index (χ4v) is 3.44. The third-order valence-electron chi connectivity index (χ3n) is 5.44. The SMILES string of the molecule is C[C@H]1C(C)(C)c2ccc([C@H](C)CO)cc2C1(C)C. The van der Waals surface area contributed by atoms with Gasteiger partial charge >= 0.3 is 0 Å². The van der Waals surface area contributed by atoms with Crippen LogP contribution in [0.2, 0.25) is 0 Å². The summed E-state index contributed by atoms with van der Waals surface area (Å²) in [6.07, 6.45) is 0. The van der Waals surface area contributed by atoms with E-state index in [9.17, 15) is 5.11 Å². The normalized spacial score (nSPS) is 25.8. The van der Waals surface area contributed by atoms with Gasteiger partial charge in [-0.15, -0.1) is 0 Å². The molecule has 1 aromatic rings. The Labute approximate surface area is 111 Å². The minimum atomic E-state index is 0.212. The van der Waals surface area contributed by atoms with Gasteiger partial charge in [-0.05, 0) is 33.4 Å². The summed E-state index contributed by atoms with van der Waals surface area (Å²) in [7, 11) is 0. The van der Waals surface area contributed by atoms with Crippen molar-refractivity contribution >= 4 is 0 Å². The van der Waals surface area contributed by atoms with E-state index in [0.29, 0.717) is 5.92 Å². The first kappa shape index (κ1) is 13.6.